The van der Waals surface area contributed by atoms with Gasteiger partial charge in [0.05, 0.1) is 12.8 Å². The van der Waals surface area contributed by atoms with E-state index in [-0.39, 0.29) is 17.7 Å². The van der Waals surface area contributed by atoms with E-state index in [0.717, 1.165) is 16.8 Å². The second-order valence-electron chi connectivity index (χ2n) is 6.08. The standard InChI is InChI=1S/C21H17N3O3S/c1-27-18-10-6-5-9-15(18)11-22-19(25)16-12-23-21-24(20(16)26)17(13-28-21)14-7-3-2-4-8-14/h2-10,12-13H,11H2,1H3,(H,22,25). The normalized spacial score (nSPS) is 10.8. The Hall–Kier alpha value is -3.45. The third kappa shape index (κ3) is 3.27. The monoisotopic (exact) mass is 391 g/mol. The van der Waals surface area contributed by atoms with Crippen LogP contribution < -0.4 is 15.6 Å². The number of carbonyl (C=O) groups is 1. The highest BCUT2D eigenvalue weighted by molar-refractivity contribution is 7.15. The summed E-state index contributed by atoms with van der Waals surface area (Å²) in [6.45, 7) is 0.250. The van der Waals surface area contributed by atoms with Crippen molar-refractivity contribution >= 4 is 22.2 Å². The predicted octanol–water partition coefficient (Wildman–Crippen LogP) is 3.36. The number of carbonyl (C=O) groups excluding carboxylic acids is 1. The zero-order valence-electron chi connectivity index (χ0n) is 15.1. The molecule has 0 fully saturated rings. The lowest BCUT2D eigenvalue weighted by Crippen LogP contribution is -2.31. The number of methoxy groups -OCH3 is 1. The lowest BCUT2D eigenvalue weighted by molar-refractivity contribution is 0.0948. The van der Waals surface area contributed by atoms with Gasteiger partial charge >= 0.3 is 0 Å². The van der Waals surface area contributed by atoms with Crippen LogP contribution in [-0.4, -0.2) is 22.4 Å². The Balaban J connectivity index is 1.66. The van der Waals surface area contributed by atoms with Crippen LogP contribution in [0.4, 0.5) is 0 Å². The zero-order chi connectivity index (χ0) is 19.5. The quantitative estimate of drug-likeness (QED) is 0.566. The van der Waals surface area contributed by atoms with Crippen LogP contribution in [0.25, 0.3) is 16.2 Å². The number of thiazole rings is 1. The van der Waals surface area contributed by atoms with Gasteiger partial charge in [-0.05, 0) is 11.6 Å². The minimum atomic E-state index is -0.469. The molecule has 6 nitrogen and oxygen atoms in total. The van der Waals surface area contributed by atoms with Gasteiger partial charge in [-0.1, -0.05) is 48.5 Å². The van der Waals surface area contributed by atoms with E-state index in [4.69, 9.17) is 4.74 Å². The number of rotatable bonds is 5. The second kappa shape index (κ2) is 7.66. The maximum Gasteiger partial charge on any atom is 0.271 e. The number of amides is 1. The van der Waals surface area contributed by atoms with E-state index in [1.54, 1.807) is 7.11 Å². The second-order valence-corrected chi connectivity index (χ2v) is 6.91. The van der Waals surface area contributed by atoms with Crippen LogP contribution in [0.3, 0.4) is 0 Å². The van der Waals surface area contributed by atoms with Crippen molar-refractivity contribution in [3.05, 3.63) is 87.7 Å². The van der Waals surface area contributed by atoms with Crippen molar-refractivity contribution in [1.29, 1.82) is 0 Å². The molecule has 4 rings (SSSR count). The number of ether oxygens (including phenoxy) is 1. The molecule has 0 radical (unpaired) electrons. The molecule has 4 aromatic rings. The van der Waals surface area contributed by atoms with Gasteiger partial charge in [0.15, 0.2) is 4.96 Å². The minimum absolute atomic E-state index is 0.00276. The Morgan fingerprint density at radius 2 is 1.89 bits per heavy atom. The maximum absolute atomic E-state index is 13.0. The first-order valence-corrected chi connectivity index (χ1v) is 9.52. The fourth-order valence-corrected chi connectivity index (χ4v) is 3.84. The highest BCUT2D eigenvalue weighted by atomic mass is 32.1. The lowest BCUT2D eigenvalue weighted by atomic mass is 10.2. The Morgan fingerprint density at radius 1 is 1.14 bits per heavy atom. The summed E-state index contributed by atoms with van der Waals surface area (Å²) in [5, 5.41) is 4.65. The van der Waals surface area contributed by atoms with Crippen molar-refractivity contribution in [2.45, 2.75) is 6.54 Å². The molecule has 7 heteroatoms. The number of benzene rings is 2. The van der Waals surface area contributed by atoms with Crippen LogP contribution in [0.1, 0.15) is 15.9 Å². The van der Waals surface area contributed by atoms with Crippen LogP contribution in [0.15, 0.2) is 71.0 Å². The molecule has 0 spiro atoms. The smallest absolute Gasteiger partial charge is 0.271 e. The molecule has 0 unspecified atom stereocenters. The third-order valence-electron chi connectivity index (χ3n) is 4.39. The van der Waals surface area contributed by atoms with Gasteiger partial charge in [-0.2, -0.15) is 0 Å². The van der Waals surface area contributed by atoms with Crippen molar-refractivity contribution in [3.63, 3.8) is 0 Å². The molecule has 0 aliphatic heterocycles. The van der Waals surface area contributed by atoms with E-state index in [1.165, 1.54) is 21.9 Å². The highest BCUT2D eigenvalue weighted by Crippen LogP contribution is 2.23. The molecule has 0 atom stereocenters. The summed E-state index contributed by atoms with van der Waals surface area (Å²) < 4.78 is 6.78. The molecule has 1 N–H and O–H groups in total. The number of hydrogen-bond acceptors (Lipinski definition) is 5. The Kier molecular flexibility index (Phi) is 4.90. The first-order valence-electron chi connectivity index (χ1n) is 8.64. The van der Waals surface area contributed by atoms with E-state index in [0.29, 0.717) is 10.7 Å². The SMILES string of the molecule is COc1ccccc1CNC(=O)c1cnc2scc(-c3ccccc3)n2c1=O. The van der Waals surface area contributed by atoms with Gasteiger partial charge in [-0.3, -0.25) is 14.0 Å². The number of fused-ring (bicyclic) bond motifs is 1. The molecular formula is C21H17N3O3S. The van der Waals surface area contributed by atoms with Gasteiger partial charge in [0.1, 0.15) is 11.3 Å². The summed E-state index contributed by atoms with van der Waals surface area (Å²) in [4.78, 5) is 30.5. The van der Waals surface area contributed by atoms with Crippen LogP contribution in [-0.2, 0) is 6.54 Å². The Labute approximate surface area is 165 Å². The molecule has 2 aromatic heterocycles. The summed E-state index contributed by atoms with van der Waals surface area (Å²) in [6, 6.07) is 17.0. The van der Waals surface area contributed by atoms with Gasteiger partial charge in [0.2, 0.25) is 0 Å². The van der Waals surface area contributed by atoms with Crippen LogP contribution >= 0.6 is 11.3 Å². The van der Waals surface area contributed by atoms with Crippen molar-refractivity contribution < 1.29 is 9.53 Å². The molecule has 0 aliphatic carbocycles. The molecule has 0 saturated heterocycles. The van der Waals surface area contributed by atoms with E-state index in [1.807, 2.05) is 60.0 Å². The van der Waals surface area contributed by atoms with E-state index < -0.39 is 5.91 Å². The van der Waals surface area contributed by atoms with E-state index >= 15 is 0 Å². The van der Waals surface area contributed by atoms with Crippen LogP contribution in [0, 0.1) is 0 Å². The van der Waals surface area contributed by atoms with Gasteiger partial charge in [0, 0.05) is 23.7 Å². The molecular weight excluding hydrogens is 374 g/mol. The predicted molar refractivity (Wildman–Crippen MR) is 109 cm³/mol. The fourth-order valence-electron chi connectivity index (χ4n) is 2.98. The Morgan fingerprint density at radius 3 is 2.68 bits per heavy atom. The zero-order valence-corrected chi connectivity index (χ0v) is 15.9. The van der Waals surface area contributed by atoms with Crippen LogP contribution in [0.5, 0.6) is 5.75 Å². The lowest BCUT2D eigenvalue weighted by Gasteiger charge is -2.09. The van der Waals surface area contributed by atoms with E-state index in [9.17, 15) is 9.59 Å². The third-order valence-corrected chi connectivity index (χ3v) is 5.23. The fraction of sp³-hybridized carbons (Fsp3) is 0.0952. The first-order chi connectivity index (χ1) is 13.7. The van der Waals surface area contributed by atoms with Gasteiger partial charge < -0.3 is 10.1 Å². The highest BCUT2D eigenvalue weighted by Gasteiger charge is 2.17. The molecule has 140 valence electrons. The number of para-hydroxylation sites is 1. The number of nitrogens with one attached hydrogen (secondary N) is 1. The number of nitrogens with zero attached hydrogens (tertiary/aromatic N) is 2. The van der Waals surface area contributed by atoms with E-state index in [2.05, 4.69) is 10.3 Å². The van der Waals surface area contributed by atoms with Crippen LogP contribution in [0.2, 0.25) is 0 Å². The van der Waals surface area contributed by atoms with Crippen molar-refractivity contribution in [3.8, 4) is 17.0 Å². The molecule has 1 amide bonds. The van der Waals surface area contributed by atoms with Crippen molar-refractivity contribution in [1.82, 2.24) is 14.7 Å². The largest absolute Gasteiger partial charge is 0.496 e. The summed E-state index contributed by atoms with van der Waals surface area (Å²) in [5.41, 5.74) is 2.06. The average Bonchev–Trinajstić information content (AvgIpc) is 3.18. The van der Waals surface area contributed by atoms with Gasteiger partial charge in [-0.15, -0.1) is 11.3 Å². The summed E-state index contributed by atoms with van der Waals surface area (Å²) >= 11 is 1.36. The van der Waals surface area contributed by atoms with Crippen molar-refractivity contribution in [2.24, 2.45) is 0 Å². The average molecular weight is 391 g/mol. The number of aromatic nitrogens is 2. The summed E-state index contributed by atoms with van der Waals surface area (Å²) in [7, 11) is 1.58. The molecule has 2 heterocycles. The minimum Gasteiger partial charge on any atom is -0.496 e. The van der Waals surface area contributed by atoms with Gasteiger partial charge in [0.25, 0.3) is 11.5 Å². The maximum atomic E-state index is 13.0. The molecule has 0 bridgehead atoms. The molecule has 2 aromatic carbocycles. The van der Waals surface area contributed by atoms with Crippen molar-refractivity contribution in [2.75, 3.05) is 7.11 Å². The molecule has 0 saturated carbocycles. The topological polar surface area (TPSA) is 72.7 Å². The van der Waals surface area contributed by atoms with Gasteiger partial charge in [-0.25, -0.2) is 4.98 Å². The first kappa shape index (κ1) is 17.9. The number of hydrogen-bond donors (Lipinski definition) is 1. The molecule has 28 heavy (non-hydrogen) atoms. The summed E-state index contributed by atoms with van der Waals surface area (Å²) in [5.74, 6) is 0.209. The molecule has 0 aliphatic rings. The Bertz CT molecular complexity index is 1200. The summed E-state index contributed by atoms with van der Waals surface area (Å²) in [6.07, 6.45) is 1.33.